The molecule has 7 heteroatoms. The minimum absolute atomic E-state index is 0.0150. The normalized spacial score (nSPS) is 15.8. The molecule has 6 nitrogen and oxygen atoms in total. The van der Waals surface area contributed by atoms with Gasteiger partial charge in [-0.25, -0.2) is 4.98 Å². The fourth-order valence-corrected chi connectivity index (χ4v) is 2.45. The van der Waals surface area contributed by atoms with Gasteiger partial charge in [-0.15, -0.1) is 0 Å². The molecule has 1 saturated heterocycles. The van der Waals surface area contributed by atoms with E-state index < -0.39 is 0 Å². The quantitative estimate of drug-likeness (QED) is 0.845. The zero-order chi connectivity index (χ0) is 15.2. The molecule has 0 spiro atoms. The van der Waals surface area contributed by atoms with Gasteiger partial charge < -0.3 is 15.0 Å². The molecule has 1 aliphatic rings. The minimum Gasteiger partial charge on any atom is -0.375 e. The average Bonchev–Trinajstić information content (AvgIpc) is 2.48. The van der Waals surface area contributed by atoms with E-state index in [-0.39, 0.29) is 24.5 Å². The number of hydrogen-bond donors (Lipinski definition) is 1. The molecule has 2 amide bonds. The average molecular weight is 312 g/mol. The van der Waals surface area contributed by atoms with E-state index >= 15 is 0 Å². The number of likely N-dealkylation sites (tertiary alicyclic amines) is 1. The van der Waals surface area contributed by atoms with Gasteiger partial charge in [0, 0.05) is 26.2 Å². The van der Waals surface area contributed by atoms with Crippen LogP contribution in [0.25, 0.3) is 0 Å². The van der Waals surface area contributed by atoms with Crippen LogP contribution >= 0.6 is 11.6 Å². The Morgan fingerprint density at radius 3 is 2.76 bits per heavy atom. The van der Waals surface area contributed by atoms with Crippen LogP contribution in [0.3, 0.4) is 0 Å². The topological polar surface area (TPSA) is 71.5 Å². The maximum atomic E-state index is 12.1. The van der Waals surface area contributed by atoms with Crippen molar-refractivity contribution in [2.45, 2.75) is 18.9 Å². The number of pyridine rings is 1. The zero-order valence-corrected chi connectivity index (χ0v) is 12.6. The number of ether oxygens (including phenoxy) is 1. The lowest BCUT2D eigenvalue weighted by atomic mass is 10.0. The molecule has 2 rings (SSSR count). The van der Waals surface area contributed by atoms with E-state index in [4.69, 9.17) is 16.3 Å². The lowest BCUT2D eigenvalue weighted by molar-refractivity contribution is -0.136. The Morgan fingerprint density at radius 2 is 2.14 bits per heavy atom. The number of carbonyl (C=O) groups excluding carboxylic acids is 2. The highest BCUT2D eigenvalue weighted by molar-refractivity contribution is 6.29. The summed E-state index contributed by atoms with van der Waals surface area (Å²) in [5.74, 6) is -0.252. The zero-order valence-electron chi connectivity index (χ0n) is 11.8. The molecule has 0 radical (unpaired) electrons. The van der Waals surface area contributed by atoms with Gasteiger partial charge in [0.1, 0.15) is 17.5 Å². The van der Waals surface area contributed by atoms with Gasteiger partial charge in [0.05, 0.1) is 0 Å². The Balaban J connectivity index is 1.83. The van der Waals surface area contributed by atoms with Crippen LogP contribution in [0.4, 0.5) is 0 Å². The van der Waals surface area contributed by atoms with Crippen LogP contribution in [0.1, 0.15) is 23.3 Å². The number of hydrogen-bond acceptors (Lipinski definition) is 4. The molecule has 2 heterocycles. The number of nitrogens with zero attached hydrogens (tertiary/aromatic N) is 2. The first-order valence-corrected chi connectivity index (χ1v) is 7.18. The number of piperidine rings is 1. The molecule has 0 bridgehead atoms. The number of halogens is 1. The van der Waals surface area contributed by atoms with Gasteiger partial charge in [-0.2, -0.15) is 0 Å². The van der Waals surface area contributed by atoms with E-state index in [0.29, 0.717) is 23.9 Å². The molecule has 0 aliphatic carbocycles. The van der Waals surface area contributed by atoms with Crippen molar-refractivity contribution in [2.24, 2.45) is 0 Å². The first kappa shape index (κ1) is 15.7. The van der Waals surface area contributed by atoms with Crippen LogP contribution in [0.15, 0.2) is 18.2 Å². The van der Waals surface area contributed by atoms with Crippen LogP contribution < -0.4 is 5.32 Å². The van der Waals surface area contributed by atoms with Crippen LogP contribution in [-0.4, -0.2) is 54.5 Å². The second-order valence-electron chi connectivity index (χ2n) is 4.91. The Morgan fingerprint density at radius 1 is 1.43 bits per heavy atom. The summed E-state index contributed by atoms with van der Waals surface area (Å²) in [5, 5.41) is 3.22. The fraction of sp³-hybridized carbons (Fsp3) is 0.500. The molecular formula is C14H18ClN3O3. The van der Waals surface area contributed by atoms with Gasteiger partial charge in [0.25, 0.3) is 5.91 Å². The van der Waals surface area contributed by atoms with Crippen molar-refractivity contribution in [3.8, 4) is 0 Å². The van der Waals surface area contributed by atoms with Crippen LogP contribution in [-0.2, 0) is 9.53 Å². The molecule has 1 aromatic rings. The maximum absolute atomic E-state index is 12.1. The smallest absolute Gasteiger partial charge is 0.270 e. The first-order valence-electron chi connectivity index (χ1n) is 6.80. The second-order valence-corrected chi connectivity index (χ2v) is 5.29. The molecule has 0 atom stereocenters. The molecule has 1 N–H and O–H groups in total. The van der Waals surface area contributed by atoms with Crippen molar-refractivity contribution in [1.82, 2.24) is 15.2 Å². The van der Waals surface area contributed by atoms with Gasteiger partial charge in [-0.3, -0.25) is 9.59 Å². The van der Waals surface area contributed by atoms with Crippen molar-refractivity contribution >= 4 is 23.4 Å². The Labute approximate surface area is 128 Å². The van der Waals surface area contributed by atoms with Gasteiger partial charge in [-0.05, 0) is 25.0 Å². The Hall–Kier alpha value is -1.66. The summed E-state index contributed by atoms with van der Waals surface area (Å²) in [4.78, 5) is 29.5. The number of aromatic nitrogens is 1. The summed E-state index contributed by atoms with van der Waals surface area (Å²) in [5.41, 5.74) is 0.306. The predicted molar refractivity (Wildman–Crippen MR) is 78.2 cm³/mol. The van der Waals surface area contributed by atoms with Gasteiger partial charge >= 0.3 is 0 Å². The van der Waals surface area contributed by atoms with Gasteiger partial charge in [-0.1, -0.05) is 17.7 Å². The number of carbonyl (C=O) groups is 2. The molecule has 1 aliphatic heterocycles. The van der Waals surface area contributed by atoms with Crippen molar-refractivity contribution < 1.29 is 14.3 Å². The van der Waals surface area contributed by atoms with E-state index in [0.717, 1.165) is 12.8 Å². The largest absolute Gasteiger partial charge is 0.375 e. The third-order valence-electron chi connectivity index (χ3n) is 3.40. The summed E-state index contributed by atoms with van der Waals surface area (Å²) >= 11 is 5.77. The van der Waals surface area contributed by atoms with E-state index in [1.807, 2.05) is 0 Å². The number of nitrogens with one attached hydrogen (secondary N) is 1. The number of rotatable bonds is 4. The lowest BCUT2D eigenvalue weighted by Crippen LogP contribution is -2.47. The minimum atomic E-state index is -0.237. The molecule has 21 heavy (non-hydrogen) atoms. The first-order chi connectivity index (χ1) is 10.1. The van der Waals surface area contributed by atoms with Gasteiger partial charge in [0.15, 0.2) is 0 Å². The third kappa shape index (κ3) is 4.41. The summed E-state index contributed by atoms with van der Waals surface area (Å²) in [6, 6.07) is 4.98. The molecule has 0 aromatic carbocycles. The molecule has 1 fully saturated rings. The summed E-state index contributed by atoms with van der Waals surface area (Å²) in [6.07, 6.45) is 1.45. The van der Waals surface area contributed by atoms with Crippen molar-refractivity contribution in [3.63, 3.8) is 0 Å². The molecule has 0 saturated carbocycles. The predicted octanol–water partition coefficient (Wildman–Crippen LogP) is 1.10. The Bertz CT molecular complexity index is 516. The summed E-state index contributed by atoms with van der Waals surface area (Å²) < 4.78 is 4.84. The van der Waals surface area contributed by atoms with Crippen LogP contribution in [0.2, 0.25) is 5.15 Å². The second kappa shape index (κ2) is 7.38. The highest BCUT2D eigenvalue weighted by Crippen LogP contribution is 2.12. The van der Waals surface area contributed by atoms with E-state index in [9.17, 15) is 9.59 Å². The summed E-state index contributed by atoms with van der Waals surface area (Å²) in [6.45, 7) is 1.34. The van der Waals surface area contributed by atoms with Crippen molar-refractivity contribution in [2.75, 3.05) is 26.8 Å². The van der Waals surface area contributed by atoms with Crippen molar-refractivity contribution in [3.05, 3.63) is 29.0 Å². The number of amides is 2. The van der Waals surface area contributed by atoms with Gasteiger partial charge in [0.2, 0.25) is 5.91 Å². The molecule has 1 aromatic heterocycles. The van der Waals surface area contributed by atoms with E-state index in [2.05, 4.69) is 10.3 Å². The monoisotopic (exact) mass is 311 g/mol. The highest BCUT2D eigenvalue weighted by Gasteiger charge is 2.24. The molecule has 0 unspecified atom stereocenters. The van der Waals surface area contributed by atoms with E-state index in [1.54, 1.807) is 23.1 Å². The molecular weight excluding hydrogens is 294 g/mol. The SMILES string of the molecule is COCC(=O)N1CCC(NC(=O)c2cccc(Cl)n2)CC1. The lowest BCUT2D eigenvalue weighted by Gasteiger charge is -2.32. The third-order valence-corrected chi connectivity index (χ3v) is 3.61. The van der Waals surface area contributed by atoms with Crippen LogP contribution in [0, 0.1) is 0 Å². The molecule has 114 valence electrons. The van der Waals surface area contributed by atoms with Crippen molar-refractivity contribution in [1.29, 1.82) is 0 Å². The maximum Gasteiger partial charge on any atom is 0.270 e. The number of methoxy groups -OCH3 is 1. The highest BCUT2D eigenvalue weighted by atomic mass is 35.5. The standard InChI is InChI=1S/C14H18ClN3O3/c1-21-9-13(19)18-7-5-10(6-8-18)16-14(20)11-3-2-4-12(15)17-11/h2-4,10H,5-9H2,1H3,(H,16,20). The van der Waals surface area contributed by atoms with E-state index in [1.165, 1.54) is 7.11 Å². The summed E-state index contributed by atoms with van der Waals surface area (Å²) in [7, 11) is 1.50. The van der Waals surface area contributed by atoms with Crippen LogP contribution in [0.5, 0.6) is 0 Å². The Kier molecular flexibility index (Phi) is 5.52. The fourth-order valence-electron chi connectivity index (χ4n) is 2.28.